The summed E-state index contributed by atoms with van der Waals surface area (Å²) in [6, 6.07) is -1.88. The zero-order valence-corrected chi connectivity index (χ0v) is 38.8. The Labute approximate surface area is 369 Å². The number of carbonyl (C=O) groups is 6. The van der Waals surface area contributed by atoms with Crippen LogP contribution in [0, 0.1) is 23.7 Å². The van der Waals surface area contributed by atoms with Crippen LogP contribution in [-0.2, 0) is 28.8 Å². The Morgan fingerprint density at radius 1 is 0.574 bits per heavy atom. The molecule has 0 fully saturated rings. The molecule has 14 heteroatoms. The van der Waals surface area contributed by atoms with Crippen molar-refractivity contribution in [3.05, 3.63) is 0 Å². The number of ketones is 4. The van der Waals surface area contributed by atoms with E-state index < -0.39 is 48.1 Å². The second-order valence-corrected chi connectivity index (χ2v) is 17.7. The summed E-state index contributed by atoms with van der Waals surface area (Å²) in [4.78, 5) is 84.5. The number of aliphatic imine (C=N–C) groups is 1. The maximum Gasteiger partial charge on any atom is 0.224 e. The fourth-order valence-electron chi connectivity index (χ4n) is 7.74. The van der Waals surface area contributed by atoms with Gasteiger partial charge in [0, 0.05) is 50.0 Å². The number of aliphatic hydroxyl groups is 1. The van der Waals surface area contributed by atoms with Gasteiger partial charge in [0.25, 0.3) is 0 Å². The van der Waals surface area contributed by atoms with E-state index in [-0.39, 0.29) is 67.4 Å². The molecule has 0 bridgehead atoms. The molecule has 0 aromatic heterocycles. The second kappa shape index (κ2) is 37.3. The van der Waals surface area contributed by atoms with Gasteiger partial charge in [-0.05, 0) is 83.7 Å². The van der Waals surface area contributed by atoms with Crippen LogP contribution in [0.3, 0.4) is 0 Å². The number of aliphatic hydroxyl groups excluding tert-OH is 1. The SMILES string of the molecule is CCCCCCCCCCCCCCCC(=O)C[C@H](CCCCN)C(=O)N[C@@H](CCCCN)C(=O)C[C@@H](CC(C)C)C(=O)N[C@@H](CCCN=C(N)N)C(=O)C[C@@H](CO)C(C)=O. The standard InChI is InChI=1S/C47H89N7O7/c1-5-6-7-8-9-10-11-12-13-14-15-16-17-24-40(57)31-37(23-18-20-27-48)45(60)53-41(25-19-21-28-49)43(58)32-38(30-35(2)3)46(61)54-42(26-22-29-52-47(50)51)44(59)33-39(34-55)36(4)56/h35,37-39,41-42,55H,5-34,48-49H2,1-4H3,(H,53,60)(H,54,61)(H4,50,51,52)/t37-,38+,39-,41-,42-/m0/s1. The third-order valence-electron chi connectivity index (χ3n) is 11.5. The number of nitrogens with zero attached hydrogens (tertiary/aromatic N) is 1. The van der Waals surface area contributed by atoms with E-state index in [9.17, 15) is 33.9 Å². The van der Waals surface area contributed by atoms with Gasteiger partial charge in [-0.2, -0.15) is 0 Å². The zero-order valence-electron chi connectivity index (χ0n) is 38.8. The van der Waals surface area contributed by atoms with Crippen LogP contribution in [0.4, 0.5) is 0 Å². The van der Waals surface area contributed by atoms with Crippen molar-refractivity contribution < 1.29 is 33.9 Å². The molecule has 0 saturated carbocycles. The van der Waals surface area contributed by atoms with Crippen LogP contribution >= 0.6 is 0 Å². The van der Waals surface area contributed by atoms with Gasteiger partial charge in [0.05, 0.1) is 18.7 Å². The summed E-state index contributed by atoms with van der Waals surface area (Å²) in [5.74, 6) is -4.24. The number of unbranched alkanes of at least 4 members (excludes halogenated alkanes) is 14. The number of hydrogen-bond donors (Lipinski definition) is 7. The van der Waals surface area contributed by atoms with Crippen molar-refractivity contribution in [2.75, 3.05) is 26.2 Å². The first-order valence-electron chi connectivity index (χ1n) is 23.9. The molecule has 354 valence electrons. The molecule has 0 aliphatic rings. The molecule has 0 aromatic rings. The van der Waals surface area contributed by atoms with Crippen molar-refractivity contribution in [2.24, 2.45) is 51.6 Å². The van der Waals surface area contributed by atoms with Gasteiger partial charge in [-0.25, -0.2) is 0 Å². The van der Waals surface area contributed by atoms with Crippen LogP contribution < -0.4 is 33.6 Å². The zero-order chi connectivity index (χ0) is 45.8. The van der Waals surface area contributed by atoms with Gasteiger partial charge in [0.1, 0.15) is 11.6 Å². The van der Waals surface area contributed by atoms with E-state index in [2.05, 4.69) is 22.5 Å². The summed E-state index contributed by atoms with van der Waals surface area (Å²) in [5, 5.41) is 15.5. The Hall–Kier alpha value is -3.23. The minimum atomic E-state index is -0.994. The van der Waals surface area contributed by atoms with E-state index >= 15 is 0 Å². The summed E-state index contributed by atoms with van der Waals surface area (Å²) < 4.78 is 0. The lowest BCUT2D eigenvalue weighted by Crippen LogP contribution is -2.47. The molecule has 0 aliphatic carbocycles. The first-order chi connectivity index (χ1) is 29.2. The Kier molecular flexibility index (Phi) is 35.4. The first kappa shape index (κ1) is 57.8. The molecule has 14 nitrogen and oxygen atoms in total. The van der Waals surface area contributed by atoms with Crippen molar-refractivity contribution >= 4 is 40.9 Å². The summed E-state index contributed by atoms with van der Waals surface area (Å²) >= 11 is 0. The predicted octanol–water partition coefficient (Wildman–Crippen LogP) is 6.10. The number of Topliss-reactive ketones (excluding diaryl/α,β-unsaturated/α-hetero) is 4. The molecule has 0 aliphatic heterocycles. The van der Waals surface area contributed by atoms with E-state index in [0.29, 0.717) is 64.5 Å². The highest BCUT2D eigenvalue weighted by molar-refractivity contribution is 5.96. The molecule has 0 rings (SSSR count). The number of nitrogens with one attached hydrogen (secondary N) is 2. The largest absolute Gasteiger partial charge is 0.396 e. The molecule has 0 heterocycles. The molecule has 5 atom stereocenters. The molecule has 0 saturated heterocycles. The fourth-order valence-corrected chi connectivity index (χ4v) is 7.74. The maximum absolute atomic E-state index is 14.1. The molecule has 0 radical (unpaired) electrons. The van der Waals surface area contributed by atoms with Crippen molar-refractivity contribution in [2.45, 2.75) is 207 Å². The normalized spacial score (nSPS) is 13.8. The number of carbonyl (C=O) groups excluding carboxylic acids is 6. The molecular formula is C47H89N7O7. The van der Waals surface area contributed by atoms with Gasteiger partial charge in [0.2, 0.25) is 11.8 Å². The second-order valence-electron chi connectivity index (χ2n) is 17.7. The van der Waals surface area contributed by atoms with E-state index in [4.69, 9.17) is 22.9 Å². The van der Waals surface area contributed by atoms with E-state index in [0.717, 1.165) is 25.7 Å². The smallest absolute Gasteiger partial charge is 0.224 e. The van der Waals surface area contributed by atoms with Crippen LogP contribution in [0.5, 0.6) is 0 Å². The lowest BCUT2D eigenvalue weighted by molar-refractivity contribution is -0.135. The van der Waals surface area contributed by atoms with Gasteiger partial charge in [-0.1, -0.05) is 104 Å². The van der Waals surface area contributed by atoms with Gasteiger partial charge < -0.3 is 38.7 Å². The lowest BCUT2D eigenvalue weighted by atomic mass is 9.87. The van der Waals surface area contributed by atoms with Crippen LogP contribution in [0.2, 0.25) is 0 Å². The Balaban J connectivity index is 5.72. The number of hydrogen-bond acceptors (Lipinski definition) is 10. The summed E-state index contributed by atoms with van der Waals surface area (Å²) in [6.07, 6.45) is 20.3. The molecule has 2 amide bonds. The molecule has 0 aromatic carbocycles. The molecule has 0 spiro atoms. The lowest BCUT2D eigenvalue weighted by Gasteiger charge is -2.26. The Morgan fingerprint density at radius 3 is 1.49 bits per heavy atom. The van der Waals surface area contributed by atoms with Crippen molar-refractivity contribution in [3.8, 4) is 0 Å². The molecule has 11 N–H and O–H groups in total. The summed E-state index contributed by atoms with van der Waals surface area (Å²) in [5.41, 5.74) is 22.4. The van der Waals surface area contributed by atoms with Gasteiger partial charge in [0.15, 0.2) is 17.5 Å². The summed E-state index contributed by atoms with van der Waals surface area (Å²) in [7, 11) is 0. The third kappa shape index (κ3) is 30.5. The maximum atomic E-state index is 14.1. The third-order valence-corrected chi connectivity index (χ3v) is 11.5. The van der Waals surface area contributed by atoms with Crippen LogP contribution in [-0.4, -0.2) is 84.3 Å². The molecule has 61 heavy (non-hydrogen) atoms. The van der Waals surface area contributed by atoms with Crippen molar-refractivity contribution in [1.82, 2.24) is 10.6 Å². The Morgan fingerprint density at radius 2 is 1.03 bits per heavy atom. The quantitative estimate of drug-likeness (QED) is 0.0209. The first-order valence-corrected chi connectivity index (χ1v) is 23.9. The van der Waals surface area contributed by atoms with Gasteiger partial charge >= 0.3 is 0 Å². The molecule has 0 unspecified atom stereocenters. The Bertz CT molecular complexity index is 1260. The van der Waals surface area contributed by atoms with E-state index in [1.54, 1.807) is 0 Å². The fraction of sp³-hybridized carbons (Fsp3) is 0.851. The van der Waals surface area contributed by atoms with Crippen molar-refractivity contribution in [1.29, 1.82) is 0 Å². The van der Waals surface area contributed by atoms with Crippen LogP contribution in [0.25, 0.3) is 0 Å². The predicted molar refractivity (Wildman–Crippen MR) is 246 cm³/mol. The number of amides is 2. The number of nitrogens with two attached hydrogens (primary N) is 4. The highest BCUT2D eigenvalue weighted by atomic mass is 16.3. The van der Waals surface area contributed by atoms with E-state index in [1.807, 2.05) is 13.8 Å². The average molecular weight is 864 g/mol. The minimum Gasteiger partial charge on any atom is -0.396 e. The minimum absolute atomic E-state index is 0.0224. The number of guanidine groups is 1. The highest BCUT2D eigenvalue weighted by Crippen LogP contribution is 2.22. The van der Waals surface area contributed by atoms with Gasteiger partial charge in [-0.15, -0.1) is 0 Å². The van der Waals surface area contributed by atoms with Gasteiger partial charge in [-0.3, -0.25) is 33.8 Å². The summed E-state index contributed by atoms with van der Waals surface area (Å²) in [6.45, 7) is 8.02. The van der Waals surface area contributed by atoms with E-state index in [1.165, 1.54) is 71.1 Å². The topological polar surface area (TPSA) is 263 Å². The monoisotopic (exact) mass is 864 g/mol. The van der Waals surface area contributed by atoms with Crippen molar-refractivity contribution in [3.63, 3.8) is 0 Å². The number of rotatable bonds is 42. The molecular weight excluding hydrogens is 775 g/mol. The van der Waals surface area contributed by atoms with Crippen LogP contribution in [0.15, 0.2) is 4.99 Å². The van der Waals surface area contributed by atoms with Crippen LogP contribution in [0.1, 0.15) is 195 Å². The average Bonchev–Trinajstić information content (AvgIpc) is 3.21. The highest BCUT2D eigenvalue weighted by Gasteiger charge is 2.33.